The van der Waals surface area contributed by atoms with Gasteiger partial charge < -0.3 is 9.47 Å². The third-order valence-electron chi connectivity index (χ3n) is 5.63. The first-order chi connectivity index (χ1) is 17.1. The van der Waals surface area contributed by atoms with E-state index in [0.29, 0.717) is 28.0 Å². The number of ether oxygens (including phenoxy) is 2. The normalized spacial score (nSPS) is 12.8. The fourth-order valence-corrected chi connectivity index (χ4v) is 4.23. The van der Waals surface area contributed by atoms with E-state index in [1.165, 1.54) is 4.68 Å². The molecule has 0 saturated heterocycles. The monoisotopic (exact) mass is 549 g/mol. The first-order valence-corrected chi connectivity index (χ1v) is 12.5. The molecule has 1 atom stereocenters. The molecule has 4 aromatic rings. The van der Waals surface area contributed by atoms with Gasteiger partial charge in [-0.1, -0.05) is 67.0 Å². The van der Waals surface area contributed by atoms with Crippen LogP contribution in [0.5, 0.6) is 5.75 Å². The number of fused-ring (bicyclic) bond motifs is 2. The summed E-state index contributed by atoms with van der Waals surface area (Å²) in [6.07, 6.45) is 0.781. The van der Waals surface area contributed by atoms with Crippen LogP contribution in [0.3, 0.4) is 0 Å². The quantitative estimate of drug-likeness (QED) is 0.223. The zero-order chi connectivity index (χ0) is 26.0. The van der Waals surface area contributed by atoms with E-state index in [-0.39, 0.29) is 12.2 Å². The molecule has 0 aliphatic heterocycles. The molecular formula is C28H28BrN3O4. The molecule has 36 heavy (non-hydrogen) atoms. The van der Waals surface area contributed by atoms with Crippen LogP contribution in [0.4, 0.5) is 0 Å². The van der Waals surface area contributed by atoms with Gasteiger partial charge >= 0.3 is 5.97 Å². The van der Waals surface area contributed by atoms with Crippen molar-refractivity contribution in [2.45, 2.75) is 46.1 Å². The van der Waals surface area contributed by atoms with Crippen molar-refractivity contribution in [1.29, 1.82) is 0 Å². The van der Waals surface area contributed by atoms with E-state index < -0.39 is 17.5 Å². The van der Waals surface area contributed by atoms with Crippen molar-refractivity contribution in [3.8, 4) is 5.75 Å². The molecule has 0 saturated carbocycles. The molecular weight excluding hydrogens is 522 g/mol. The lowest BCUT2D eigenvalue weighted by atomic mass is 9.95. The van der Waals surface area contributed by atoms with Crippen LogP contribution >= 0.6 is 15.9 Å². The molecule has 0 radical (unpaired) electrons. The van der Waals surface area contributed by atoms with Crippen LogP contribution < -0.4 is 10.3 Å². The van der Waals surface area contributed by atoms with Gasteiger partial charge in [0.15, 0.2) is 6.10 Å². The molecule has 0 aliphatic rings. The lowest BCUT2D eigenvalue weighted by molar-refractivity contribution is -0.150. The van der Waals surface area contributed by atoms with E-state index in [1.807, 2.05) is 63.2 Å². The Morgan fingerprint density at radius 1 is 1.14 bits per heavy atom. The van der Waals surface area contributed by atoms with E-state index in [4.69, 9.17) is 14.5 Å². The van der Waals surface area contributed by atoms with E-state index in [1.54, 1.807) is 32.2 Å². The van der Waals surface area contributed by atoms with Crippen molar-refractivity contribution in [3.05, 3.63) is 80.8 Å². The first kappa shape index (κ1) is 25.6. The highest BCUT2D eigenvalue weighted by molar-refractivity contribution is 9.10. The van der Waals surface area contributed by atoms with Gasteiger partial charge in [-0.2, -0.15) is 9.78 Å². The molecule has 1 aromatic heterocycles. The maximum absolute atomic E-state index is 13.6. The highest BCUT2D eigenvalue weighted by Crippen LogP contribution is 2.28. The average molecular weight is 550 g/mol. The summed E-state index contributed by atoms with van der Waals surface area (Å²) in [5.74, 6) is 0.533. The van der Waals surface area contributed by atoms with Crippen LogP contribution in [0.2, 0.25) is 0 Å². The Hall–Kier alpha value is -3.52. The van der Waals surface area contributed by atoms with Crippen molar-refractivity contribution < 1.29 is 14.3 Å². The summed E-state index contributed by atoms with van der Waals surface area (Å²) in [6.45, 7) is 9.61. The predicted octanol–water partition coefficient (Wildman–Crippen LogP) is 5.82. The van der Waals surface area contributed by atoms with Gasteiger partial charge in [0.25, 0.3) is 5.56 Å². The van der Waals surface area contributed by atoms with Crippen LogP contribution in [0.15, 0.2) is 69.0 Å². The first-order valence-electron chi connectivity index (χ1n) is 11.7. The van der Waals surface area contributed by atoms with Crippen molar-refractivity contribution in [2.75, 3.05) is 6.61 Å². The zero-order valence-corrected chi connectivity index (χ0v) is 22.5. The third kappa shape index (κ3) is 5.18. The van der Waals surface area contributed by atoms with Crippen LogP contribution in [-0.2, 0) is 14.9 Å². The number of hydrogen-bond donors (Lipinski definition) is 0. The molecule has 0 spiro atoms. The number of carbonyl (C=O) groups is 1. The molecule has 7 nitrogen and oxygen atoms in total. The fourth-order valence-electron chi connectivity index (χ4n) is 3.87. The molecule has 0 amide bonds. The minimum atomic E-state index is -0.814. The second-order valence-electron chi connectivity index (χ2n) is 9.42. The number of benzene rings is 3. The lowest BCUT2D eigenvalue weighted by Crippen LogP contribution is -2.29. The van der Waals surface area contributed by atoms with Gasteiger partial charge in [0.2, 0.25) is 0 Å². The highest BCUT2D eigenvalue weighted by Gasteiger charge is 2.23. The van der Waals surface area contributed by atoms with E-state index >= 15 is 0 Å². The number of rotatable bonds is 6. The van der Waals surface area contributed by atoms with E-state index in [2.05, 4.69) is 21.0 Å². The van der Waals surface area contributed by atoms with Gasteiger partial charge in [-0.05, 0) is 48.9 Å². The van der Waals surface area contributed by atoms with Crippen molar-refractivity contribution in [3.63, 3.8) is 0 Å². The van der Waals surface area contributed by atoms with Gasteiger partial charge in [0.1, 0.15) is 11.6 Å². The number of aromatic nitrogens is 2. The van der Waals surface area contributed by atoms with E-state index in [9.17, 15) is 9.59 Å². The van der Waals surface area contributed by atoms with Gasteiger partial charge in [-0.3, -0.25) is 4.79 Å². The van der Waals surface area contributed by atoms with Gasteiger partial charge in [-0.15, -0.1) is 0 Å². The minimum Gasteiger partial charge on any atom is -0.478 e. The average Bonchev–Trinajstić information content (AvgIpc) is 2.83. The van der Waals surface area contributed by atoms with Crippen LogP contribution in [0.1, 0.15) is 46.0 Å². The largest absolute Gasteiger partial charge is 0.478 e. The van der Waals surface area contributed by atoms with Crippen molar-refractivity contribution in [1.82, 2.24) is 9.66 Å². The van der Waals surface area contributed by atoms with Crippen LogP contribution in [0.25, 0.3) is 21.7 Å². The molecule has 0 fully saturated rings. The number of halogens is 1. The molecule has 0 bridgehead atoms. The Bertz CT molecular complexity index is 1540. The summed E-state index contributed by atoms with van der Waals surface area (Å²) in [5.41, 5.74) is 0.529. The van der Waals surface area contributed by atoms with Crippen molar-refractivity contribution in [2.24, 2.45) is 5.10 Å². The van der Waals surface area contributed by atoms with Gasteiger partial charge in [0.05, 0.1) is 23.7 Å². The second kappa shape index (κ2) is 10.2. The molecule has 1 heterocycles. The molecule has 0 N–H and O–H groups in total. The molecule has 3 aromatic carbocycles. The maximum atomic E-state index is 13.6. The topological polar surface area (TPSA) is 82.8 Å². The summed E-state index contributed by atoms with van der Waals surface area (Å²) in [6, 6.07) is 16.9. The standard InChI is InChI=1S/C28H28BrN3O4/c1-6-35-26(34)17(2)36-24-14-11-18-9-7-8-10-20(18)22(24)16-30-32-25(33)21-15-19(29)12-13-23(21)31-27(32)28(3,4)5/h7-17H,6H2,1-5H3/t17-/m0/s1. The molecule has 0 unspecified atom stereocenters. The second-order valence-corrected chi connectivity index (χ2v) is 10.3. The molecule has 8 heteroatoms. The number of hydrogen-bond acceptors (Lipinski definition) is 6. The lowest BCUT2D eigenvalue weighted by Gasteiger charge is -2.21. The molecule has 4 rings (SSSR count). The Kier molecular flexibility index (Phi) is 7.26. The maximum Gasteiger partial charge on any atom is 0.347 e. The number of carbonyl (C=O) groups excluding carboxylic acids is 1. The number of esters is 1. The Morgan fingerprint density at radius 3 is 2.61 bits per heavy atom. The summed E-state index contributed by atoms with van der Waals surface area (Å²) in [4.78, 5) is 30.5. The van der Waals surface area contributed by atoms with Crippen LogP contribution in [0, 0.1) is 0 Å². The Morgan fingerprint density at radius 2 is 1.89 bits per heavy atom. The summed E-state index contributed by atoms with van der Waals surface area (Å²) in [7, 11) is 0. The van der Waals surface area contributed by atoms with Gasteiger partial charge in [0, 0.05) is 15.5 Å². The van der Waals surface area contributed by atoms with E-state index in [0.717, 1.165) is 15.2 Å². The summed E-state index contributed by atoms with van der Waals surface area (Å²) < 4.78 is 13.2. The highest BCUT2D eigenvalue weighted by atomic mass is 79.9. The fraction of sp³-hybridized carbons (Fsp3) is 0.286. The van der Waals surface area contributed by atoms with Crippen molar-refractivity contribution >= 4 is 49.8 Å². The Balaban J connectivity index is 1.90. The summed E-state index contributed by atoms with van der Waals surface area (Å²) >= 11 is 3.44. The molecule has 0 aliphatic carbocycles. The predicted molar refractivity (Wildman–Crippen MR) is 146 cm³/mol. The summed E-state index contributed by atoms with van der Waals surface area (Å²) in [5, 5.41) is 6.93. The molecule has 186 valence electrons. The Labute approximate surface area is 217 Å². The third-order valence-corrected chi connectivity index (χ3v) is 6.13. The minimum absolute atomic E-state index is 0.266. The van der Waals surface area contributed by atoms with Crippen LogP contribution in [-0.4, -0.2) is 34.6 Å². The number of nitrogens with zero attached hydrogens (tertiary/aromatic N) is 3. The SMILES string of the molecule is CCOC(=O)[C@H](C)Oc1ccc2ccccc2c1C=Nn1c(C(C)(C)C)nc2ccc(Br)cc2c1=O. The van der Waals surface area contributed by atoms with Gasteiger partial charge in [-0.25, -0.2) is 9.78 Å². The smallest absolute Gasteiger partial charge is 0.347 e. The zero-order valence-electron chi connectivity index (χ0n) is 20.9.